The quantitative estimate of drug-likeness (QED) is 0.910. The summed E-state index contributed by atoms with van der Waals surface area (Å²) >= 11 is 0. The fraction of sp³-hybridized carbons (Fsp3) is 0.188. The van der Waals surface area contributed by atoms with Gasteiger partial charge in [-0.1, -0.05) is 12.1 Å². The number of anilines is 1. The van der Waals surface area contributed by atoms with E-state index < -0.39 is 23.7 Å². The number of halogens is 1. The molecule has 0 atom stereocenters. The number of carboxylic acid groups (broad SMARTS) is 1. The molecule has 0 saturated carbocycles. The second-order valence-electron chi connectivity index (χ2n) is 5.31. The summed E-state index contributed by atoms with van der Waals surface area (Å²) in [6, 6.07) is 7.33. The molecule has 0 unspecified atom stereocenters. The second-order valence-corrected chi connectivity index (χ2v) is 5.31. The first kappa shape index (κ1) is 16.5. The van der Waals surface area contributed by atoms with E-state index in [0.29, 0.717) is 13.0 Å². The van der Waals surface area contributed by atoms with Crippen LogP contribution in [0.2, 0.25) is 0 Å². The van der Waals surface area contributed by atoms with Crippen LogP contribution in [0.25, 0.3) is 0 Å². The molecule has 1 saturated heterocycles. The molecule has 0 bridgehead atoms. The summed E-state index contributed by atoms with van der Waals surface area (Å²) in [5.74, 6) is -2.55. The fourth-order valence-electron chi connectivity index (χ4n) is 2.49. The number of aromatic carboxylic acids is 1. The molecule has 1 N–H and O–H groups in total. The van der Waals surface area contributed by atoms with Crippen molar-refractivity contribution in [1.29, 1.82) is 0 Å². The summed E-state index contributed by atoms with van der Waals surface area (Å²) in [6.45, 7) is 0.449. The average Bonchev–Trinajstić information content (AvgIpc) is 2.62. The van der Waals surface area contributed by atoms with Crippen LogP contribution in [-0.2, 0) is 0 Å². The molecule has 1 aromatic carbocycles. The molecule has 25 heavy (non-hydrogen) atoms. The van der Waals surface area contributed by atoms with Crippen molar-refractivity contribution in [1.82, 2.24) is 15.1 Å². The van der Waals surface area contributed by atoms with Crippen molar-refractivity contribution in [2.75, 3.05) is 18.0 Å². The van der Waals surface area contributed by atoms with Gasteiger partial charge >= 0.3 is 12.0 Å². The largest absolute Gasteiger partial charge is 0.476 e. The Bertz CT molecular complexity index is 840. The summed E-state index contributed by atoms with van der Waals surface area (Å²) < 4.78 is 13.8. The third-order valence-electron chi connectivity index (χ3n) is 3.72. The van der Waals surface area contributed by atoms with E-state index in [1.165, 1.54) is 35.2 Å². The van der Waals surface area contributed by atoms with Crippen LogP contribution in [0.5, 0.6) is 0 Å². The molecule has 1 aliphatic heterocycles. The average molecular weight is 344 g/mol. The molecular weight excluding hydrogens is 331 g/mol. The molecule has 0 radical (unpaired) electrons. The van der Waals surface area contributed by atoms with Gasteiger partial charge in [-0.3, -0.25) is 14.6 Å². The van der Waals surface area contributed by atoms with Gasteiger partial charge in [-0.05, 0) is 30.7 Å². The summed E-state index contributed by atoms with van der Waals surface area (Å²) in [5, 5.41) is 16.1. The number of aromatic nitrogens is 2. The van der Waals surface area contributed by atoms with Crippen molar-refractivity contribution in [3.05, 3.63) is 53.5 Å². The summed E-state index contributed by atoms with van der Waals surface area (Å²) in [4.78, 5) is 38.0. The third kappa shape index (κ3) is 3.16. The minimum atomic E-state index is -1.24. The molecule has 2 aromatic rings. The Hall–Kier alpha value is -3.36. The molecule has 0 aliphatic carbocycles. The normalized spacial score (nSPS) is 14.5. The van der Waals surface area contributed by atoms with Crippen molar-refractivity contribution in [3.63, 3.8) is 0 Å². The SMILES string of the molecule is O=C(O)c1ccc(N2CCCN(C(=O)c3ccccc3F)C2=O)nn1. The standard InChI is InChI=1S/C16H13FN4O4/c17-11-5-2-1-4-10(11)14(22)21-9-3-8-20(16(21)25)13-7-6-12(15(23)24)18-19-13/h1-2,4-7H,3,8-9H2,(H,23,24). The van der Waals surface area contributed by atoms with Gasteiger partial charge in [-0.2, -0.15) is 0 Å². The number of hydrogen-bond donors (Lipinski definition) is 1. The zero-order chi connectivity index (χ0) is 18.0. The maximum atomic E-state index is 13.8. The van der Waals surface area contributed by atoms with E-state index in [1.807, 2.05) is 0 Å². The Morgan fingerprint density at radius 3 is 2.48 bits per heavy atom. The molecule has 2 heterocycles. The first-order chi connectivity index (χ1) is 12.0. The second kappa shape index (κ2) is 6.63. The number of urea groups is 1. The number of benzene rings is 1. The number of nitrogens with zero attached hydrogens (tertiary/aromatic N) is 4. The summed E-state index contributed by atoms with van der Waals surface area (Å²) in [6.07, 6.45) is 0.467. The zero-order valence-electron chi connectivity index (χ0n) is 12.9. The lowest BCUT2D eigenvalue weighted by molar-refractivity contribution is 0.0688. The molecule has 0 spiro atoms. The van der Waals surface area contributed by atoms with Crippen molar-refractivity contribution in [2.24, 2.45) is 0 Å². The molecule has 128 valence electrons. The minimum Gasteiger partial charge on any atom is -0.476 e. The van der Waals surface area contributed by atoms with E-state index in [0.717, 1.165) is 11.0 Å². The third-order valence-corrected chi connectivity index (χ3v) is 3.72. The predicted octanol–water partition coefficient (Wildman–Crippen LogP) is 1.79. The molecule has 3 rings (SSSR count). The van der Waals surface area contributed by atoms with Gasteiger partial charge in [0.25, 0.3) is 5.91 Å². The van der Waals surface area contributed by atoms with E-state index in [4.69, 9.17) is 5.11 Å². The van der Waals surface area contributed by atoms with E-state index in [2.05, 4.69) is 10.2 Å². The first-order valence-corrected chi connectivity index (χ1v) is 7.44. The van der Waals surface area contributed by atoms with Gasteiger partial charge in [0.15, 0.2) is 11.5 Å². The molecular formula is C16H13FN4O4. The highest BCUT2D eigenvalue weighted by molar-refractivity contribution is 6.09. The lowest BCUT2D eigenvalue weighted by Crippen LogP contribution is -2.52. The van der Waals surface area contributed by atoms with Crippen LogP contribution in [-0.4, -0.2) is 51.2 Å². The van der Waals surface area contributed by atoms with Gasteiger partial charge in [0.05, 0.1) is 5.56 Å². The molecule has 1 aliphatic rings. The highest BCUT2D eigenvalue weighted by Crippen LogP contribution is 2.20. The minimum absolute atomic E-state index is 0.126. The van der Waals surface area contributed by atoms with Crippen LogP contribution in [0.15, 0.2) is 36.4 Å². The van der Waals surface area contributed by atoms with Gasteiger partial charge in [-0.25, -0.2) is 14.0 Å². The number of rotatable bonds is 3. The summed E-state index contributed by atoms with van der Waals surface area (Å²) in [5.41, 5.74) is -0.447. The summed E-state index contributed by atoms with van der Waals surface area (Å²) in [7, 11) is 0. The number of imide groups is 1. The maximum absolute atomic E-state index is 13.8. The smallest absolute Gasteiger partial charge is 0.356 e. The highest BCUT2D eigenvalue weighted by atomic mass is 19.1. The Labute approximate surface area is 141 Å². The Balaban J connectivity index is 1.85. The fourth-order valence-corrected chi connectivity index (χ4v) is 2.49. The number of carbonyl (C=O) groups is 3. The molecule has 1 aromatic heterocycles. The van der Waals surface area contributed by atoms with Crippen LogP contribution in [0, 0.1) is 5.82 Å². The van der Waals surface area contributed by atoms with Gasteiger partial charge in [0.2, 0.25) is 0 Å². The topological polar surface area (TPSA) is 104 Å². The molecule has 3 amide bonds. The van der Waals surface area contributed by atoms with Gasteiger partial charge < -0.3 is 5.11 Å². The van der Waals surface area contributed by atoms with Crippen LogP contribution >= 0.6 is 0 Å². The molecule has 9 heteroatoms. The van der Waals surface area contributed by atoms with Crippen molar-refractivity contribution in [2.45, 2.75) is 6.42 Å². The van der Waals surface area contributed by atoms with Crippen molar-refractivity contribution in [3.8, 4) is 0 Å². The van der Waals surface area contributed by atoms with E-state index in [1.54, 1.807) is 0 Å². The number of carboxylic acids is 1. The number of hydrogen-bond acceptors (Lipinski definition) is 5. The lowest BCUT2D eigenvalue weighted by atomic mass is 10.1. The van der Waals surface area contributed by atoms with E-state index in [9.17, 15) is 18.8 Å². The number of amides is 3. The first-order valence-electron chi connectivity index (χ1n) is 7.44. The monoisotopic (exact) mass is 344 g/mol. The van der Waals surface area contributed by atoms with Crippen molar-refractivity contribution < 1.29 is 23.9 Å². The van der Waals surface area contributed by atoms with Crippen LogP contribution in [0.1, 0.15) is 27.3 Å². The van der Waals surface area contributed by atoms with Gasteiger partial charge in [0, 0.05) is 13.1 Å². The van der Waals surface area contributed by atoms with Crippen LogP contribution < -0.4 is 4.90 Å². The Morgan fingerprint density at radius 1 is 1.08 bits per heavy atom. The maximum Gasteiger partial charge on any atom is 0.356 e. The van der Waals surface area contributed by atoms with E-state index >= 15 is 0 Å². The molecule has 1 fully saturated rings. The predicted molar refractivity (Wildman–Crippen MR) is 83.8 cm³/mol. The van der Waals surface area contributed by atoms with Crippen LogP contribution in [0.3, 0.4) is 0 Å². The Kier molecular flexibility index (Phi) is 4.38. The van der Waals surface area contributed by atoms with E-state index in [-0.39, 0.29) is 23.6 Å². The zero-order valence-corrected chi connectivity index (χ0v) is 12.9. The molecule has 8 nitrogen and oxygen atoms in total. The lowest BCUT2D eigenvalue weighted by Gasteiger charge is -2.33. The van der Waals surface area contributed by atoms with Gasteiger partial charge in [-0.15, -0.1) is 10.2 Å². The number of carbonyl (C=O) groups excluding carboxylic acids is 2. The van der Waals surface area contributed by atoms with Crippen molar-refractivity contribution >= 4 is 23.7 Å². The van der Waals surface area contributed by atoms with Gasteiger partial charge in [0.1, 0.15) is 5.82 Å². The Morgan fingerprint density at radius 2 is 1.84 bits per heavy atom. The van der Waals surface area contributed by atoms with Crippen LogP contribution in [0.4, 0.5) is 15.0 Å². The highest BCUT2D eigenvalue weighted by Gasteiger charge is 2.33.